The molecule has 3 aromatic rings. The van der Waals surface area contributed by atoms with E-state index in [1.54, 1.807) is 0 Å². The van der Waals surface area contributed by atoms with Crippen LogP contribution in [0.2, 0.25) is 5.02 Å². The van der Waals surface area contributed by atoms with Gasteiger partial charge in [-0.3, -0.25) is 5.10 Å². The Morgan fingerprint density at radius 1 is 1.11 bits per heavy atom. The summed E-state index contributed by atoms with van der Waals surface area (Å²) < 4.78 is 15.0. The van der Waals surface area contributed by atoms with Crippen molar-refractivity contribution < 1.29 is 4.39 Å². The van der Waals surface area contributed by atoms with E-state index in [0.717, 1.165) is 48.4 Å². The number of benzene rings is 2. The first-order chi connectivity index (χ1) is 13.1. The molecule has 0 radical (unpaired) electrons. The molecule has 0 saturated carbocycles. The second-order valence-corrected chi connectivity index (χ2v) is 7.40. The lowest BCUT2D eigenvalue weighted by Crippen LogP contribution is -2.35. The molecular formula is C21H22ClFN4. The molecule has 3 N–H and O–H groups in total. The number of nitrogens with zero attached hydrogens (tertiary/aromatic N) is 1. The van der Waals surface area contributed by atoms with Gasteiger partial charge in [0.2, 0.25) is 0 Å². The van der Waals surface area contributed by atoms with Crippen molar-refractivity contribution >= 4 is 17.3 Å². The Hall–Kier alpha value is -2.37. The average molecular weight is 385 g/mol. The molecule has 4 rings (SSSR count). The molecule has 1 aliphatic heterocycles. The summed E-state index contributed by atoms with van der Waals surface area (Å²) in [6, 6.07) is 13.1. The first-order valence-electron chi connectivity index (χ1n) is 9.20. The molecule has 0 aliphatic carbocycles. The summed E-state index contributed by atoms with van der Waals surface area (Å²) in [4.78, 5) is 0. The van der Waals surface area contributed by atoms with Crippen LogP contribution in [0.4, 0.5) is 10.1 Å². The zero-order chi connectivity index (χ0) is 18.8. The van der Waals surface area contributed by atoms with Crippen molar-refractivity contribution in [1.29, 1.82) is 0 Å². The number of nitrogens with one attached hydrogen (secondary N) is 3. The summed E-state index contributed by atoms with van der Waals surface area (Å²) in [6.07, 6.45) is 2.06. The lowest BCUT2D eigenvalue weighted by Gasteiger charge is -2.27. The summed E-state index contributed by atoms with van der Waals surface area (Å²) in [5.41, 5.74) is 4.53. The molecule has 4 nitrogen and oxygen atoms in total. The standard InChI is InChI=1S/C21H22ClFN4/c1-13-11-19(27-26-13)21-17(23)5-6-18(25-16-7-9-24-10-8-16)20(21)14-3-2-4-15(22)12-14/h2-6,11-12,16,24-25H,7-10H2,1H3,(H,26,27). The van der Waals surface area contributed by atoms with E-state index in [2.05, 4.69) is 20.8 Å². The van der Waals surface area contributed by atoms with Gasteiger partial charge in [-0.1, -0.05) is 23.7 Å². The van der Waals surface area contributed by atoms with E-state index in [1.807, 2.05) is 43.3 Å². The number of piperidine rings is 1. The van der Waals surface area contributed by atoms with Crippen LogP contribution in [0.1, 0.15) is 18.5 Å². The fourth-order valence-electron chi connectivity index (χ4n) is 3.62. The highest BCUT2D eigenvalue weighted by Crippen LogP contribution is 2.40. The number of hydrogen-bond acceptors (Lipinski definition) is 3. The second kappa shape index (κ2) is 7.71. The molecule has 6 heteroatoms. The Labute approximate surface area is 163 Å². The Balaban J connectivity index is 1.88. The number of rotatable bonds is 4. The number of aromatic nitrogens is 2. The molecule has 2 heterocycles. The van der Waals surface area contributed by atoms with Crippen molar-refractivity contribution in [2.45, 2.75) is 25.8 Å². The third-order valence-electron chi connectivity index (χ3n) is 4.93. The number of H-pyrrole nitrogens is 1. The molecule has 140 valence electrons. The van der Waals surface area contributed by atoms with E-state index >= 15 is 0 Å². The van der Waals surface area contributed by atoms with Gasteiger partial charge in [0.05, 0.1) is 5.69 Å². The zero-order valence-corrected chi connectivity index (χ0v) is 15.9. The number of halogens is 2. The van der Waals surface area contributed by atoms with Crippen molar-refractivity contribution in [2.75, 3.05) is 18.4 Å². The summed E-state index contributed by atoms with van der Waals surface area (Å²) in [5, 5.41) is 14.8. The molecule has 0 unspecified atom stereocenters. The minimum absolute atomic E-state index is 0.299. The monoisotopic (exact) mass is 384 g/mol. The minimum atomic E-state index is -0.299. The smallest absolute Gasteiger partial charge is 0.133 e. The zero-order valence-electron chi connectivity index (χ0n) is 15.2. The maximum absolute atomic E-state index is 15.0. The lowest BCUT2D eigenvalue weighted by atomic mass is 9.94. The van der Waals surface area contributed by atoms with Crippen LogP contribution in [-0.2, 0) is 0 Å². The molecule has 0 atom stereocenters. The van der Waals surface area contributed by atoms with E-state index < -0.39 is 0 Å². The molecule has 1 aliphatic rings. The Morgan fingerprint density at radius 3 is 2.63 bits per heavy atom. The first kappa shape index (κ1) is 18.0. The van der Waals surface area contributed by atoms with Crippen LogP contribution in [-0.4, -0.2) is 29.3 Å². The predicted molar refractivity (Wildman–Crippen MR) is 109 cm³/mol. The molecule has 0 amide bonds. The quantitative estimate of drug-likeness (QED) is 0.592. The van der Waals surface area contributed by atoms with Crippen LogP contribution in [0.25, 0.3) is 22.4 Å². The Bertz CT molecular complexity index is 947. The third kappa shape index (κ3) is 3.84. The molecule has 2 aromatic carbocycles. The lowest BCUT2D eigenvalue weighted by molar-refractivity contribution is 0.479. The molecule has 0 bridgehead atoms. The fourth-order valence-corrected chi connectivity index (χ4v) is 3.81. The summed E-state index contributed by atoms with van der Waals surface area (Å²) in [7, 11) is 0. The summed E-state index contributed by atoms with van der Waals surface area (Å²) >= 11 is 6.24. The van der Waals surface area contributed by atoms with Gasteiger partial charge in [-0.2, -0.15) is 5.10 Å². The van der Waals surface area contributed by atoms with Crippen LogP contribution in [0.3, 0.4) is 0 Å². The third-order valence-corrected chi connectivity index (χ3v) is 5.16. The highest BCUT2D eigenvalue weighted by Gasteiger charge is 2.21. The van der Waals surface area contributed by atoms with Crippen LogP contribution in [0.15, 0.2) is 42.5 Å². The molecule has 1 aromatic heterocycles. The number of hydrogen-bond donors (Lipinski definition) is 3. The van der Waals surface area contributed by atoms with Crippen LogP contribution in [0, 0.1) is 12.7 Å². The van der Waals surface area contributed by atoms with Crippen LogP contribution in [0.5, 0.6) is 0 Å². The molecule has 27 heavy (non-hydrogen) atoms. The van der Waals surface area contributed by atoms with Crippen molar-refractivity contribution in [3.05, 3.63) is 59.0 Å². The molecular weight excluding hydrogens is 363 g/mol. The van der Waals surface area contributed by atoms with Gasteiger partial charge in [0.1, 0.15) is 5.82 Å². The van der Waals surface area contributed by atoms with Gasteiger partial charge in [-0.15, -0.1) is 0 Å². The van der Waals surface area contributed by atoms with Gasteiger partial charge >= 0.3 is 0 Å². The molecule has 1 saturated heterocycles. The number of aromatic amines is 1. The van der Waals surface area contributed by atoms with Gasteiger partial charge in [-0.25, -0.2) is 4.39 Å². The van der Waals surface area contributed by atoms with E-state index in [9.17, 15) is 4.39 Å². The van der Waals surface area contributed by atoms with Gasteiger partial charge in [0.25, 0.3) is 0 Å². The molecule has 1 fully saturated rings. The SMILES string of the molecule is Cc1cc(-c2c(F)ccc(NC3CCNCC3)c2-c2cccc(Cl)c2)n[nH]1. The average Bonchev–Trinajstić information content (AvgIpc) is 3.09. The van der Waals surface area contributed by atoms with Gasteiger partial charge < -0.3 is 10.6 Å². The van der Waals surface area contributed by atoms with E-state index in [4.69, 9.17) is 11.6 Å². The van der Waals surface area contributed by atoms with Crippen molar-refractivity contribution in [2.24, 2.45) is 0 Å². The number of anilines is 1. The van der Waals surface area contributed by atoms with Crippen LogP contribution < -0.4 is 10.6 Å². The normalized spacial score (nSPS) is 15.1. The second-order valence-electron chi connectivity index (χ2n) is 6.96. The number of aryl methyl sites for hydroxylation is 1. The maximum Gasteiger partial charge on any atom is 0.133 e. The van der Waals surface area contributed by atoms with Gasteiger partial charge in [0, 0.05) is 33.6 Å². The highest BCUT2D eigenvalue weighted by atomic mass is 35.5. The fraction of sp³-hybridized carbons (Fsp3) is 0.286. The molecule has 0 spiro atoms. The van der Waals surface area contributed by atoms with E-state index in [1.165, 1.54) is 6.07 Å². The minimum Gasteiger partial charge on any atom is -0.382 e. The van der Waals surface area contributed by atoms with Gasteiger partial charge in [-0.05, 0) is 68.8 Å². The van der Waals surface area contributed by atoms with E-state index in [0.29, 0.717) is 22.3 Å². The van der Waals surface area contributed by atoms with Crippen LogP contribution >= 0.6 is 11.6 Å². The van der Waals surface area contributed by atoms with Gasteiger partial charge in [0.15, 0.2) is 0 Å². The Kier molecular flexibility index (Phi) is 5.14. The van der Waals surface area contributed by atoms with Crippen molar-refractivity contribution in [1.82, 2.24) is 15.5 Å². The highest BCUT2D eigenvalue weighted by molar-refractivity contribution is 6.30. The predicted octanol–water partition coefficient (Wildman–Crippen LogP) is 5.01. The summed E-state index contributed by atoms with van der Waals surface area (Å²) in [5.74, 6) is -0.299. The largest absolute Gasteiger partial charge is 0.382 e. The van der Waals surface area contributed by atoms with Crippen molar-refractivity contribution in [3.63, 3.8) is 0 Å². The van der Waals surface area contributed by atoms with Crippen molar-refractivity contribution in [3.8, 4) is 22.4 Å². The maximum atomic E-state index is 15.0. The first-order valence-corrected chi connectivity index (χ1v) is 9.57. The summed E-state index contributed by atoms with van der Waals surface area (Å²) in [6.45, 7) is 3.87. The Morgan fingerprint density at radius 2 is 1.93 bits per heavy atom. The topological polar surface area (TPSA) is 52.7 Å². The van der Waals surface area contributed by atoms with E-state index in [-0.39, 0.29) is 5.82 Å².